The molecule has 0 rings (SSSR count). The number of carbonyl (C=O) groups is 2. The van der Waals surface area contributed by atoms with E-state index < -0.39 is 18.2 Å². The van der Waals surface area contributed by atoms with Gasteiger partial charge in [-0.05, 0) is 57.8 Å². The highest BCUT2D eigenvalue weighted by atomic mass is 16.5. The number of hydrogen-bond acceptors (Lipinski definition) is 5. The molecule has 0 aliphatic rings. The van der Waals surface area contributed by atoms with Gasteiger partial charge in [-0.3, -0.25) is 9.59 Å². The predicted molar refractivity (Wildman–Crippen MR) is 268 cm³/mol. The van der Waals surface area contributed by atoms with E-state index in [-0.39, 0.29) is 24.9 Å². The predicted octanol–water partition coefficient (Wildman–Crippen LogP) is 15.3. The van der Waals surface area contributed by atoms with Gasteiger partial charge >= 0.3 is 5.97 Å². The average Bonchev–Trinajstić information content (AvgIpc) is 3.26. The van der Waals surface area contributed by atoms with Gasteiger partial charge in [-0.15, -0.1) is 0 Å². The Morgan fingerprint density at radius 2 is 0.887 bits per heavy atom. The van der Waals surface area contributed by atoms with Gasteiger partial charge in [0.05, 0.1) is 25.2 Å². The number of aliphatic hydroxyl groups is 2. The van der Waals surface area contributed by atoms with Gasteiger partial charge in [-0.1, -0.05) is 246 Å². The molecule has 6 heteroatoms. The fourth-order valence-corrected chi connectivity index (χ4v) is 7.28. The topological polar surface area (TPSA) is 95.9 Å². The summed E-state index contributed by atoms with van der Waals surface area (Å²) in [6.45, 7) is 6.17. The van der Waals surface area contributed by atoms with Crippen LogP contribution in [0.5, 0.6) is 0 Å². The molecular formula is C56H95NO5. The van der Waals surface area contributed by atoms with Crippen LogP contribution in [0.4, 0.5) is 0 Å². The van der Waals surface area contributed by atoms with Gasteiger partial charge in [0.25, 0.3) is 0 Å². The van der Waals surface area contributed by atoms with E-state index in [9.17, 15) is 19.8 Å². The molecule has 1 amide bonds. The van der Waals surface area contributed by atoms with Crippen molar-refractivity contribution >= 4 is 11.9 Å². The molecule has 3 N–H and O–H groups in total. The van der Waals surface area contributed by atoms with Crippen LogP contribution in [0.3, 0.4) is 0 Å². The van der Waals surface area contributed by atoms with Crippen LogP contribution in [0.1, 0.15) is 220 Å². The molecule has 3 unspecified atom stereocenters. The van der Waals surface area contributed by atoms with Crippen molar-refractivity contribution in [2.75, 3.05) is 6.61 Å². The molecule has 0 aliphatic heterocycles. The normalized spacial score (nSPS) is 14.1. The lowest BCUT2D eigenvalue weighted by molar-refractivity contribution is -0.151. The van der Waals surface area contributed by atoms with Crippen molar-refractivity contribution in [2.24, 2.45) is 0 Å². The number of ether oxygens (including phenoxy) is 1. The summed E-state index contributed by atoms with van der Waals surface area (Å²) in [5, 5.41) is 23.7. The van der Waals surface area contributed by atoms with Gasteiger partial charge in [0.1, 0.15) is 6.10 Å². The Kier molecular flexibility index (Phi) is 46.3. The zero-order valence-electron chi connectivity index (χ0n) is 40.2. The summed E-state index contributed by atoms with van der Waals surface area (Å²) in [5.74, 6) is -0.576. The third-order valence-electron chi connectivity index (χ3n) is 11.1. The molecule has 6 nitrogen and oxygen atoms in total. The summed E-state index contributed by atoms with van der Waals surface area (Å²) in [6, 6.07) is -0.733. The van der Waals surface area contributed by atoms with Crippen LogP contribution in [0.15, 0.2) is 97.2 Å². The van der Waals surface area contributed by atoms with Crippen LogP contribution in [-0.2, 0) is 14.3 Å². The van der Waals surface area contributed by atoms with E-state index in [0.29, 0.717) is 19.3 Å². The summed E-state index contributed by atoms with van der Waals surface area (Å²) >= 11 is 0. The Labute approximate surface area is 382 Å². The monoisotopic (exact) mass is 862 g/mol. The van der Waals surface area contributed by atoms with Gasteiger partial charge < -0.3 is 20.3 Å². The van der Waals surface area contributed by atoms with E-state index in [1.807, 2.05) is 54.7 Å². The molecule has 0 heterocycles. The third kappa shape index (κ3) is 43.4. The first-order valence-corrected chi connectivity index (χ1v) is 25.6. The maximum Gasteiger partial charge on any atom is 0.306 e. The highest BCUT2D eigenvalue weighted by Gasteiger charge is 2.24. The quantitative estimate of drug-likeness (QED) is 0.0322. The summed E-state index contributed by atoms with van der Waals surface area (Å²) in [7, 11) is 0. The summed E-state index contributed by atoms with van der Waals surface area (Å²) < 4.78 is 5.87. The second-order valence-corrected chi connectivity index (χ2v) is 17.0. The van der Waals surface area contributed by atoms with E-state index in [1.165, 1.54) is 89.9 Å². The van der Waals surface area contributed by atoms with Gasteiger partial charge in [-0.2, -0.15) is 0 Å². The largest absolute Gasteiger partial charge is 0.462 e. The van der Waals surface area contributed by atoms with Crippen LogP contribution in [0.25, 0.3) is 0 Å². The number of unbranched alkanes of at least 4 members (excludes halogenated alkanes) is 22. The van der Waals surface area contributed by atoms with Crippen molar-refractivity contribution in [1.29, 1.82) is 0 Å². The standard InChI is InChI=1S/C56H95NO5/c1-4-7-10-13-16-19-22-24-26-27-29-30-33-36-39-42-45-48-54(59)53(51-58)57-55(60)50-52(47-44-41-38-35-32-21-18-15-12-9-6-3)62-56(61)49-46-43-40-37-34-31-28-25-23-20-17-14-11-8-5-2/h8-9,11-12,14-15,17-18,20-21,23,25,28,32,35,38,52-54,58-59H,4-7,10,13,16,19,22,24,26-27,29-31,33-34,36-37,39-51H2,1-3H3,(H,57,60)/b11-8+,12-9+,17-14+,18-15+,23-20+,28-25-,32-21-,38-35-. The molecular weight excluding hydrogens is 767 g/mol. The van der Waals surface area contributed by atoms with Crippen LogP contribution < -0.4 is 5.32 Å². The van der Waals surface area contributed by atoms with Crippen LogP contribution >= 0.6 is 0 Å². The number of esters is 1. The lowest BCUT2D eigenvalue weighted by Crippen LogP contribution is -2.46. The number of rotatable bonds is 44. The number of amides is 1. The lowest BCUT2D eigenvalue weighted by Gasteiger charge is -2.24. The minimum atomic E-state index is -0.815. The molecule has 0 aliphatic carbocycles. The first-order valence-electron chi connectivity index (χ1n) is 25.6. The van der Waals surface area contributed by atoms with Crippen molar-refractivity contribution < 1.29 is 24.5 Å². The van der Waals surface area contributed by atoms with Crippen molar-refractivity contribution in [3.8, 4) is 0 Å². The number of hydrogen-bond donors (Lipinski definition) is 3. The molecule has 354 valence electrons. The second kappa shape index (κ2) is 48.8. The zero-order valence-corrected chi connectivity index (χ0v) is 40.2. The second-order valence-electron chi connectivity index (χ2n) is 17.0. The number of allylic oxidation sites excluding steroid dienone is 16. The first-order chi connectivity index (χ1) is 30.5. The van der Waals surface area contributed by atoms with E-state index in [0.717, 1.165) is 83.5 Å². The maximum absolute atomic E-state index is 13.2. The first kappa shape index (κ1) is 58.8. The van der Waals surface area contributed by atoms with Crippen molar-refractivity contribution in [1.82, 2.24) is 5.32 Å². The van der Waals surface area contributed by atoms with Crippen LogP contribution in [0, 0.1) is 0 Å². The van der Waals surface area contributed by atoms with E-state index >= 15 is 0 Å². The molecule has 62 heavy (non-hydrogen) atoms. The molecule has 0 aromatic carbocycles. The number of carbonyl (C=O) groups excluding carboxylic acids is 2. The molecule has 0 saturated carbocycles. The van der Waals surface area contributed by atoms with Gasteiger partial charge in [0, 0.05) is 6.42 Å². The Morgan fingerprint density at radius 1 is 0.484 bits per heavy atom. The number of nitrogens with one attached hydrogen (secondary N) is 1. The molecule has 3 atom stereocenters. The number of aliphatic hydroxyl groups excluding tert-OH is 2. The Morgan fingerprint density at radius 3 is 1.35 bits per heavy atom. The minimum absolute atomic E-state index is 0.0165. The summed E-state index contributed by atoms with van der Waals surface area (Å²) in [6.07, 6.45) is 64.8. The molecule has 0 aromatic heterocycles. The highest BCUT2D eigenvalue weighted by Crippen LogP contribution is 2.17. The Bertz CT molecular complexity index is 1240. The zero-order chi connectivity index (χ0) is 45.2. The Balaban J connectivity index is 4.60. The Hall–Kier alpha value is -3.22. The smallest absolute Gasteiger partial charge is 0.306 e. The van der Waals surface area contributed by atoms with Gasteiger partial charge in [-0.25, -0.2) is 0 Å². The SMILES string of the molecule is CC/C=C/C=C/C=C\C=C/CCCC(CC(=O)NC(CO)C(O)CCCCCCCCCCCCCCCCCCC)OC(=O)CCCCCCC\C=C/C=C/C=C/C=C/CC. The molecule has 0 spiro atoms. The van der Waals surface area contributed by atoms with Crippen LogP contribution in [0.2, 0.25) is 0 Å². The summed E-state index contributed by atoms with van der Waals surface area (Å²) in [5.41, 5.74) is 0. The van der Waals surface area contributed by atoms with E-state index in [4.69, 9.17) is 4.74 Å². The van der Waals surface area contributed by atoms with Crippen molar-refractivity contribution in [3.63, 3.8) is 0 Å². The minimum Gasteiger partial charge on any atom is -0.462 e. The van der Waals surface area contributed by atoms with Crippen molar-refractivity contribution in [3.05, 3.63) is 97.2 Å². The third-order valence-corrected chi connectivity index (χ3v) is 11.1. The van der Waals surface area contributed by atoms with Crippen molar-refractivity contribution in [2.45, 2.75) is 238 Å². The summed E-state index contributed by atoms with van der Waals surface area (Å²) in [4.78, 5) is 26.1. The maximum atomic E-state index is 13.2. The molecule has 0 saturated heterocycles. The molecule has 0 aromatic rings. The average molecular weight is 862 g/mol. The lowest BCUT2D eigenvalue weighted by atomic mass is 10.0. The molecule has 0 bridgehead atoms. The van der Waals surface area contributed by atoms with Gasteiger partial charge in [0.15, 0.2) is 0 Å². The fourth-order valence-electron chi connectivity index (χ4n) is 7.28. The molecule has 0 fully saturated rings. The van der Waals surface area contributed by atoms with Gasteiger partial charge in [0.2, 0.25) is 5.91 Å². The molecule has 0 radical (unpaired) electrons. The fraction of sp³-hybridized carbons (Fsp3) is 0.679. The highest BCUT2D eigenvalue weighted by molar-refractivity contribution is 5.77. The van der Waals surface area contributed by atoms with E-state index in [2.05, 4.69) is 68.6 Å². The van der Waals surface area contributed by atoms with E-state index in [1.54, 1.807) is 0 Å². The van der Waals surface area contributed by atoms with Crippen LogP contribution in [-0.4, -0.2) is 46.9 Å².